The molecule has 1 saturated carbocycles. The minimum atomic E-state index is -0.600. The minimum Gasteiger partial charge on any atom is -0.474 e. The van der Waals surface area contributed by atoms with E-state index < -0.39 is 5.54 Å². The summed E-state index contributed by atoms with van der Waals surface area (Å²) in [6, 6.07) is 9.98. The number of benzene rings is 1. The number of likely N-dealkylation sites (tertiary alicyclic amines) is 1. The van der Waals surface area contributed by atoms with Gasteiger partial charge < -0.3 is 15.4 Å². The van der Waals surface area contributed by atoms with E-state index >= 15 is 0 Å². The molecule has 1 aliphatic heterocycles. The molecule has 2 atom stereocenters. The molecule has 3 aromatic heterocycles. The molecule has 4 aromatic rings. The lowest BCUT2D eigenvalue weighted by Crippen LogP contribution is -2.33. The second-order valence-electron chi connectivity index (χ2n) is 9.73. The van der Waals surface area contributed by atoms with Gasteiger partial charge in [-0.05, 0) is 61.3 Å². The fraction of sp³-hybridized carbons (Fsp3) is 0.320. The number of hydrogen-bond acceptors (Lipinski definition) is 9. The van der Waals surface area contributed by atoms with E-state index in [-0.39, 0.29) is 29.7 Å². The second kappa shape index (κ2) is 8.68. The highest BCUT2D eigenvalue weighted by atomic mass is 32.1. The Hall–Kier alpha value is -3.28. The van der Waals surface area contributed by atoms with Gasteiger partial charge in [0.05, 0.1) is 11.2 Å². The van der Waals surface area contributed by atoms with Crippen molar-refractivity contribution >= 4 is 28.8 Å². The van der Waals surface area contributed by atoms with Crippen LogP contribution >= 0.6 is 22.9 Å². The van der Waals surface area contributed by atoms with E-state index in [1.807, 2.05) is 36.3 Å². The summed E-state index contributed by atoms with van der Waals surface area (Å²) in [6.45, 7) is 5.05. The molecule has 1 saturated heterocycles. The molecule has 4 heterocycles. The van der Waals surface area contributed by atoms with E-state index in [0.29, 0.717) is 41.2 Å². The van der Waals surface area contributed by atoms with E-state index in [2.05, 4.69) is 19.3 Å². The zero-order valence-electron chi connectivity index (χ0n) is 19.6. The van der Waals surface area contributed by atoms with Gasteiger partial charge in [0.2, 0.25) is 10.9 Å². The Balaban J connectivity index is 1.15. The van der Waals surface area contributed by atoms with Crippen LogP contribution in [0.4, 0.5) is 4.39 Å². The van der Waals surface area contributed by atoms with Crippen LogP contribution in [0.5, 0.6) is 5.88 Å². The molecule has 0 radical (unpaired) electrons. The van der Waals surface area contributed by atoms with Crippen molar-refractivity contribution in [1.29, 1.82) is 0 Å². The Kier molecular flexibility index (Phi) is 5.58. The number of carbonyl (C=O) groups is 1. The predicted molar refractivity (Wildman–Crippen MR) is 135 cm³/mol. The lowest BCUT2D eigenvalue weighted by molar-refractivity contribution is 0.0751. The lowest BCUT2D eigenvalue weighted by atomic mass is 9.95. The zero-order chi connectivity index (χ0) is 25.0. The minimum absolute atomic E-state index is 0.0151. The summed E-state index contributed by atoms with van der Waals surface area (Å²) >= 11 is 2.57. The van der Waals surface area contributed by atoms with Crippen molar-refractivity contribution in [1.82, 2.24) is 24.2 Å². The van der Waals surface area contributed by atoms with Crippen LogP contribution in [0.15, 0.2) is 47.3 Å². The summed E-state index contributed by atoms with van der Waals surface area (Å²) in [5, 5.41) is 2.24. The summed E-state index contributed by atoms with van der Waals surface area (Å²) in [4.78, 5) is 28.0. The van der Waals surface area contributed by atoms with Crippen LogP contribution in [0.1, 0.15) is 29.2 Å². The third-order valence-electron chi connectivity index (χ3n) is 6.62. The number of nitrogens with zero attached hydrogens (tertiary/aromatic N) is 5. The number of ether oxygens (including phenoxy) is 1. The predicted octanol–water partition coefficient (Wildman–Crippen LogP) is 4.21. The number of pyridine rings is 1. The van der Waals surface area contributed by atoms with E-state index in [4.69, 9.17) is 10.5 Å². The largest absolute Gasteiger partial charge is 0.474 e. The normalized spacial score (nSPS) is 20.9. The molecule has 1 aliphatic carbocycles. The zero-order valence-corrected chi connectivity index (χ0v) is 21.2. The summed E-state index contributed by atoms with van der Waals surface area (Å²) in [6.07, 6.45) is -0.0151. The lowest BCUT2D eigenvalue weighted by Gasteiger charge is -2.22. The van der Waals surface area contributed by atoms with E-state index in [1.54, 1.807) is 17.6 Å². The topological polar surface area (TPSA) is 107 Å². The molecule has 1 amide bonds. The first-order valence-electron chi connectivity index (χ1n) is 11.5. The molecule has 184 valence electrons. The second-order valence-corrected chi connectivity index (χ2v) is 11.2. The maximum atomic E-state index is 13.4. The van der Waals surface area contributed by atoms with Crippen LogP contribution in [0, 0.1) is 17.7 Å². The highest BCUT2D eigenvalue weighted by molar-refractivity contribution is 7.08. The first kappa shape index (κ1) is 23.1. The highest BCUT2D eigenvalue weighted by Gasteiger charge is 2.59. The molecular formula is C25H23FN6O2S2. The molecule has 0 spiro atoms. The standard InChI is InChI=1S/C25H23FN6O2S2/c1-25(2,27)14-7-18(13-3-5-15(26)6-4-13)29-20(8-14)34-21-16-9-32(10-17(16)21)24(33)23-30-22(31-36-23)19-11-35-12-28-19/h3-8,11-12,16-17,21H,9-10,27H2,1-2H3. The Labute approximate surface area is 215 Å². The summed E-state index contributed by atoms with van der Waals surface area (Å²) in [5.41, 5.74) is 10.5. The number of rotatable bonds is 6. The van der Waals surface area contributed by atoms with Gasteiger partial charge >= 0.3 is 0 Å². The van der Waals surface area contributed by atoms with Gasteiger partial charge in [0.25, 0.3) is 5.91 Å². The van der Waals surface area contributed by atoms with Gasteiger partial charge in [-0.3, -0.25) is 4.79 Å². The molecule has 0 bridgehead atoms. The average molecular weight is 523 g/mol. The van der Waals surface area contributed by atoms with Crippen LogP contribution in [-0.2, 0) is 5.54 Å². The van der Waals surface area contributed by atoms with Crippen molar-refractivity contribution in [3.8, 4) is 28.7 Å². The van der Waals surface area contributed by atoms with Gasteiger partial charge in [-0.2, -0.15) is 4.37 Å². The molecule has 2 fully saturated rings. The van der Waals surface area contributed by atoms with Crippen LogP contribution in [-0.4, -0.2) is 49.3 Å². The van der Waals surface area contributed by atoms with Crippen LogP contribution in [0.25, 0.3) is 22.8 Å². The van der Waals surface area contributed by atoms with Crippen LogP contribution in [0.3, 0.4) is 0 Å². The third kappa shape index (κ3) is 4.38. The van der Waals surface area contributed by atoms with Gasteiger partial charge in [-0.15, -0.1) is 11.3 Å². The monoisotopic (exact) mass is 522 g/mol. The maximum absolute atomic E-state index is 13.4. The molecule has 2 aliphatic rings. The van der Waals surface area contributed by atoms with E-state index in [9.17, 15) is 9.18 Å². The molecule has 8 nitrogen and oxygen atoms in total. The number of thiazole rings is 1. The maximum Gasteiger partial charge on any atom is 0.284 e. The molecule has 11 heteroatoms. The fourth-order valence-electron chi connectivity index (χ4n) is 4.53. The van der Waals surface area contributed by atoms with Crippen LogP contribution in [0.2, 0.25) is 0 Å². The molecule has 2 unspecified atom stereocenters. The Morgan fingerprint density at radius 3 is 2.56 bits per heavy atom. The Morgan fingerprint density at radius 2 is 1.89 bits per heavy atom. The van der Waals surface area contributed by atoms with Crippen molar-refractivity contribution < 1.29 is 13.9 Å². The van der Waals surface area contributed by atoms with Crippen molar-refractivity contribution in [2.24, 2.45) is 17.6 Å². The number of nitrogens with two attached hydrogens (primary N) is 1. The summed E-state index contributed by atoms with van der Waals surface area (Å²) < 4.78 is 24.0. The highest BCUT2D eigenvalue weighted by Crippen LogP contribution is 2.48. The number of hydrogen-bond donors (Lipinski definition) is 1. The number of piperidine rings is 1. The van der Waals surface area contributed by atoms with Crippen molar-refractivity contribution in [3.05, 3.63) is 63.7 Å². The summed E-state index contributed by atoms with van der Waals surface area (Å²) in [7, 11) is 0. The molecular weight excluding hydrogens is 499 g/mol. The number of fused-ring (bicyclic) bond motifs is 1. The van der Waals surface area contributed by atoms with Gasteiger partial charge in [0, 0.05) is 47.5 Å². The molecule has 36 heavy (non-hydrogen) atoms. The first-order valence-corrected chi connectivity index (χ1v) is 13.2. The fourth-order valence-corrected chi connectivity index (χ4v) is 5.70. The van der Waals surface area contributed by atoms with Gasteiger partial charge in [0.15, 0.2) is 5.82 Å². The van der Waals surface area contributed by atoms with Gasteiger partial charge in [-0.25, -0.2) is 19.3 Å². The average Bonchev–Trinajstić information content (AvgIpc) is 3.41. The molecule has 6 rings (SSSR count). The van der Waals surface area contributed by atoms with E-state index in [1.165, 1.54) is 23.5 Å². The molecule has 2 N–H and O–H groups in total. The van der Waals surface area contributed by atoms with Crippen molar-refractivity contribution in [3.63, 3.8) is 0 Å². The van der Waals surface area contributed by atoms with Crippen molar-refractivity contribution in [2.75, 3.05) is 13.1 Å². The number of amides is 1. The smallest absolute Gasteiger partial charge is 0.284 e. The third-order valence-corrected chi connectivity index (χ3v) is 7.91. The first-order chi connectivity index (χ1) is 17.3. The van der Waals surface area contributed by atoms with Gasteiger partial charge in [0.1, 0.15) is 17.6 Å². The number of carbonyl (C=O) groups excluding carboxylic acids is 1. The van der Waals surface area contributed by atoms with Crippen LogP contribution < -0.4 is 10.5 Å². The summed E-state index contributed by atoms with van der Waals surface area (Å²) in [5.74, 6) is 1.04. The Bertz CT molecular complexity index is 1410. The van der Waals surface area contributed by atoms with Crippen molar-refractivity contribution in [2.45, 2.75) is 25.5 Å². The van der Waals surface area contributed by atoms with E-state index in [0.717, 1.165) is 22.7 Å². The van der Waals surface area contributed by atoms with Gasteiger partial charge in [-0.1, -0.05) is 0 Å². The molecule has 1 aromatic carbocycles. The number of aromatic nitrogens is 4. The number of halogens is 1. The Morgan fingerprint density at radius 1 is 1.14 bits per heavy atom. The SMILES string of the molecule is CC(C)(N)c1cc(OC2C3CN(C(=O)c4nc(-c5cscn5)ns4)CC32)nc(-c2ccc(F)cc2)c1. The quantitative estimate of drug-likeness (QED) is 0.404.